The highest BCUT2D eigenvalue weighted by Gasteiger charge is 2.08. The van der Waals surface area contributed by atoms with Gasteiger partial charge in [-0.15, -0.1) is 11.8 Å². The highest BCUT2D eigenvalue weighted by molar-refractivity contribution is 8.00. The number of hydrogen-bond acceptors (Lipinski definition) is 7. The van der Waals surface area contributed by atoms with Gasteiger partial charge in [0, 0.05) is 12.0 Å². The molecule has 17 heavy (non-hydrogen) atoms. The molecule has 1 rings (SSSR count). The van der Waals surface area contributed by atoms with Crippen LogP contribution in [0.2, 0.25) is 0 Å². The van der Waals surface area contributed by atoms with Gasteiger partial charge in [0.05, 0.1) is 25.3 Å². The smallest absolute Gasteiger partial charge is 0.358 e. The number of esters is 1. The van der Waals surface area contributed by atoms with E-state index in [4.69, 9.17) is 0 Å². The minimum absolute atomic E-state index is 0.0814. The first kappa shape index (κ1) is 13.9. The molecule has 0 saturated heterocycles. The zero-order chi connectivity index (χ0) is 12.9. The van der Waals surface area contributed by atoms with Gasteiger partial charge in [0.1, 0.15) is 14.9 Å². The summed E-state index contributed by atoms with van der Waals surface area (Å²) in [7, 11) is -1.70. The van der Waals surface area contributed by atoms with Crippen molar-refractivity contribution in [1.29, 1.82) is 0 Å². The Labute approximate surface area is 104 Å². The molecular weight excluding hydrogens is 264 g/mol. The lowest BCUT2D eigenvalue weighted by Crippen LogP contribution is -2.06. The zero-order valence-corrected chi connectivity index (χ0v) is 11.0. The van der Waals surface area contributed by atoms with Crippen LogP contribution < -0.4 is 0 Å². The minimum atomic E-state index is -2.96. The van der Waals surface area contributed by atoms with Crippen LogP contribution in [0.3, 0.4) is 0 Å². The van der Waals surface area contributed by atoms with Crippen LogP contribution in [0.4, 0.5) is 0 Å². The molecule has 0 fully saturated rings. The molecule has 1 aromatic rings. The maximum Gasteiger partial charge on any atom is 0.358 e. The Hall–Kier alpha value is -1.15. The number of hydrogen-bond donors (Lipinski definition) is 0. The number of carbonyl (C=O) groups is 1. The van der Waals surface area contributed by atoms with Gasteiger partial charge in [-0.25, -0.2) is 23.2 Å². The lowest BCUT2D eigenvalue weighted by molar-refractivity contribution is 0.0593. The lowest BCUT2D eigenvalue weighted by Gasteiger charge is -2.01. The van der Waals surface area contributed by atoms with Gasteiger partial charge in [-0.2, -0.15) is 0 Å². The molecule has 0 radical (unpaired) electrons. The van der Waals surface area contributed by atoms with E-state index in [2.05, 4.69) is 14.7 Å². The van der Waals surface area contributed by atoms with Gasteiger partial charge in [-0.1, -0.05) is 0 Å². The Morgan fingerprint density at radius 2 is 2.12 bits per heavy atom. The predicted octanol–water partition coefficient (Wildman–Crippen LogP) is 0.400. The van der Waals surface area contributed by atoms with E-state index in [9.17, 15) is 13.2 Å². The summed E-state index contributed by atoms with van der Waals surface area (Å²) < 4.78 is 26.3. The molecule has 6 nitrogen and oxygen atoms in total. The highest BCUT2D eigenvalue weighted by Crippen LogP contribution is 2.14. The molecule has 0 spiro atoms. The van der Waals surface area contributed by atoms with Gasteiger partial charge in [0.25, 0.3) is 0 Å². The Balaban J connectivity index is 2.54. The van der Waals surface area contributed by atoms with E-state index in [1.54, 1.807) is 0 Å². The van der Waals surface area contributed by atoms with E-state index in [1.807, 2.05) is 0 Å². The van der Waals surface area contributed by atoms with Crippen LogP contribution in [-0.2, 0) is 14.6 Å². The summed E-state index contributed by atoms with van der Waals surface area (Å²) in [5, 5.41) is 0.571. The summed E-state index contributed by atoms with van der Waals surface area (Å²) in [6.07, 6.45) is 3.90. The molecule has 0 atom stereocenters. The van der Waals surface area contributed by atoms with Crippen molar-refractivity contribution in [2.45, 2.75) is 5.03 Å². The Morgan fingerprint density at radius 1 is 1.41 bits per heavy atom. The van der Waals surface area contributed by atoms with E-state index in [1.165, 1.54) is 37.5 Å². The first-order valence-electron chi connectivity index (χ1n) is 4.63. The molecule has 0 aliphatic rings. The monoisotopic (exact) mass is 276 g/mol. The number of thioether (sulfide) groups is 1. The SMILES string of the molecule is COC(=O)c1cnc(SCCS(C)(=O)=O)cn1. The van der Waals surface area contributed by atoms with E-state index < -0.39 is 15.8 Å². The largest absolute Gasteiger partial charge is 0.464 e. The van der Waals surface area contributed by atoms with Crippen molar-refractivity contribution in [2.75, 3.05) is 24.9 Å². The molecule has 94 valence electrons. The van der Waals surface area contributed by atoms with Crippen molar-refractivity contribution in [3.63, 3.8) is 0 Å². The van der Waals surface area contributed by atoms with Gasteiger partial charge in [0.2, 0.25) is 0 Å². The number of aromatic nitrogens is 2. The van der Waals surface area contributed by atoms with Crippen molar-refractivity contribution in [2.24, 2.45) is 0 Å². The van der Waals surface area contributed by atoms with Gasteiger partial charge < -0.3 is 4.74 Å². The minimum Gasteiger partial charge on any atom is -0.464 e. The van der Waals surface area contributed by atoms with Gasteiger partial charge in [-0.3, -0.25) is 0 Å². The fourth-order valence-electron chi connectivity index (χ4n) is 0.898. The van der Waals surface area contributed by atoms with Crippen molar-refractivity contribution in [3.8, 4) is 0 Å². The second kappa shape index (κ2) is 5.97. The van der Waals surface area contributed by atoms with Gasteiger partial charge >= 0.3 is 5.97 Å². The standard InChI is InChI=1S/C9H12N2O4S2/c1-15-9(12)7-5-11-8(6-10-7)16-3-4-17(2,13)14/h5-6H,3-4H2,1-2H3. The van der Waals surface area contributed by atoms with Crippen molar-refractivity contribution >= 4 is 27.6 Å². The Morgan fingerprint density at radius 3 is 2.59 bits per heavy atom. The van der Waals surface area contributed by atoms with Crippen LogP contribution >= 0.6 is 11.8 Å². The summed E-state index contributed by atoms with van der Waals surface area (Å²) in [5.41, 5.74) is 0.125. The summed E-state index contributed by atoms with van der Waals surface area (Å²) >= 11 is 1.27. The number of sulfone groups is 1. The van der Waals surface area contributed by atoms with Crippen LogP contribution in [0.5, 0.6) is 0 Å². The summed E-state index contributed by atoms with van der Waals surface area (Å²) in [4.78, 5) is 18.9. The number of rotatable bonds is 5. The summed E-state index contributed by atoms with van der Waals surface area (Å²) in [6, 6.07) is 0. The molecule has 8 heteroatoms. The van der Waals surface area contributed by atoms with E-state index in [0.29, 0.717) is 10.8 Å². The van der Waals surface area contributed by atoms with Gasteiger partial charge in [0.15, 0.2) is 5.69 Å². The Kier molecular flexibility index (Phi) is 4.88. The fourth-order valence-corrected chi connectivity index (χ4v) is 2.91. The molecule has 0 aromatic carbocycles. The third kappa shape index (κ3) is 5.14. The molecular formula is C9H12N2O4S2. The van der Waals surface area contributed by atoms with E-state index >= 15 is 0 Å². The average Bonchev–Trinajstić information content (AvgIpc) is 2.27. The second-order valence-corrected chi connectivity index (χ2v) is 6.58. The summed E-state index contributed by atoms with van der Waals surface area (Å²) in [6.45, 7) is 0. The first-order valence-corrected chi connectivity index (χ1v) is 7.68. The third-order valence-electron chi connectivity index (χ3n) is 1.73. The number of nitrogens with zero attached hydrogens (tertiary/aromatic N) is 2. The maximum atomic E-state index is 11.1. The first-order chi connectivity index (χ1) is 7.92. The van der Waals surface area contributed by atoms with Crippen LogP contribution in [0, 0.1) is 0 Å². The van der Waals surface area contributed by atoms with Crippen LogP contribution in [-0.4, -0.2) is 49.2 Å². The second-order valence-electron chi connectivity index (χ2n) is 3.21. The van der Waals surface area contributed by atoms with Gasteiger partial charge in [-0.05, 0) is 0 Å². The molecule has 1 aromatic heterocycles. The molecule has 0 saturated carbocycles. The average molecular weight is 276 g/mol. The lowest BCUT2D eigenvalue weighted by atomic mass is 10.5. The van der Waals surface area contributed by atoms with Crippen molar-refractivity contribution in [3.05, 3.63) is 18.1 Å². The maximum absolute atomic E-state index is 11.1. The normalized spacial score (nSPS) is 11.2. The van der Waals surface area contributed by atoms with Crippen LogP contribution in [0.15, 0.2) is 17.4 Å². The quantitative estimate of drug-likeness (QED) is 0.568. The number of methoxy groups -OCH3 is 1. The van der Waals surface area contributed by atoms with Crippen molar-refractivity contribution in [1.82, 2.24) is 9.97 Å². The molecule has 0 unspecified atom stereocenters. The van der Waals surface area contributed by atoms with Crippen LogP contribution in [0.1, 0.15) is 10.5 Å². The number of carbonyl (C=O) groups excluding carboxylic acids is 1. The molecule has 0 bridgehead atoms. The molecule has 1 heterocycles. The van der Waals surface area contributed by atoms with E-state index in [0.717, 1.165) is 0 Å². The predicted molar refractivity (Wildman–Crippen MR) is 63.8 cm³/mol. The fraction of sp³-hybridized carbons (Fsp3) is 0.444. The topological polar surface area (TPSA) is 86.2 Å². The van der Waals surface area contributed by atoms with E-state index in [-0.39, 0.29) is 11.4 Å². The van der Waals surface area contributed by atoms with Crippen LogP contribution in [0.25, 0.3) is 0 Å². The Bertz CT molecular complexity index is 484. The molecule has 0 aliphatic carbocycles. The zero-order valence-electron chi connectivity index (χ0n) is 9.41. The number of ether oxygens (including phenoxy) is 1. The molecule has 0 amide bonds. The highest BCUT2D eigenvalue weighted by atomic mass is 32.2. The molecule has 0 aliphatic heterocycles. The van der Waals surface area contributed by atoms with Crippen molar-refractivity contribution < 1.29 is 17.9 Å². The summed E-state index contributed by atoms with van der Waals surface area (Å²) in [5.74, 6) is -0.0615. The molecule has 0 N–H and O–H groups in total. The third-order valence-corrected chi connectivity index (χ3v) is 3.85.